The summed E-state index contributed by atoms with van der Waals surface area (Å²) in [5.41, 5.74) is 0.848. The average molecular weight is 328 g/mol. The number of halogens is 3. The third-order valence-electron chi connectivity index (χ3n) is 2.50. The van der Waals surface area contributed by atoms with E-state index in [1.165, 1.54) is 0 Å². The van der Waals surface area contributed by atoms with E-state index in [1.807, 2.05) is 6.07 Å². The van der Waals surface area contributed by atoms with Crippen molar-refractivity contribution in [2.24, 2.45) is 0 Å². The molecular formula is C14H12BrF2NO. The quantitative estimate of drug-likeness (QED) is 0.906. The second-order valence-electron chi connectivity index (χ2n) is 3.96. The monoisotopic (exact) mass is 327 g/mol. The van der Waals surface area contributed by atoms with Gasteiger partial charge in [-0.2, -0.15) is 0 Å². The van der Waals surface area contributed by atoms with Crippen LogP contribution in [-0.4, -0.2) is 7.05 Å². The van der Waals surface area contributed by atoms with E-state index >= 15 is 0 Å². The van der Waals surface area contributed by atoms with Crippen LogP contribution in [0.25, 0.3) is 0 Å². The van der Waals surface area contributed by atoms with Gasteiger partial charge in [-0.15, -0.1) is 0 Å². The first-order chi connectivity index (χ1) is 9.10. The Hall–Kier alpha value is -1.46. The number of hydrogen-bond acceptors (Lipinski definition) is 2. The molecule has 0 saturated heterocycles. The van der Waals surface area contributed by atoms with Crippen molar-refractivity contribution in [1.82, 2.24) is 5.32 Å². The zero-order valence-corrected chi connectivity index (χ0v) is 11.8. The van der Waals surface area contributed by atoms with E-state index in [0.717, 1.165) is 28.2 Å². The molecule has 2 aromatic rings. The molecule has 0 heterocycles. The molecule has 0 atom stereocenters. The highest BCUT2D eigenvalue weighted by Gasteiger charge is 2.10. The maximum atomic E-state index is 13.5. The standard InChI is InChI=1S/C14H12BrF2NO/c1-18-8-9-6-10(15)2-5-13(9)19-14-7-11(16)3-4-12(14)17/h2-7,18H,8H2,1H3. The molecule has 0 spiro atoms. The van der Waals surface area contributed by atoms with E-state index in [-0.39, 0.29) is 5.75 Å². The molecule has 0 radical (unpaired) electrons. The zero-order chi connectivity index (χ0) is 13.8. The second kappa shape index (κ2) is 6.12. The van der Waals surface area contributed by atoms with Gasteiger partial charge in [-0.3, -0.25) is 0 Å². The molecule has 0 bridgehead atoms. The molecule has 0 aliphatic rings. The average Bonchev–Trinajstić information content (AvgIpc) is 2.37. The van der Waals surface area contributed by atoms with Crippen LogP contribution in [0.5, 0.6) is 11.5 Å². The first kappa shape index (κ1) is 14.0. The Balaban J connectivity index is 2.34. The van der Waals surface area contributed by atoms with Crippen LogP contribution in [-0.2, 0) is 6.54 Å². The van der Waals surface area contributed by atoms with Gasteiger partial charge in [0.2, 0.25) is 0 Å². The number of hydrogen-bond donors (Lipinski definition) is 1. The Labute approximate surface area is 118 Å². The lowest BCUT2D eigenvalue weighted by Gasteiger charge is -2.12. The van der Waals surface area contributed by atoms with E-state index in [2.05, 4.69) is 21.2 Å². The minimum absolute atomic E-state index is 0.125. The lowest BCUT2D eigenvalue weighted by molar-refractivity contribution is 0.431. The number of rotatable bonds is 4. The number of benzene rings is 2. The van der Waals surface area contributed by atoms with Gasteiger partial charge in [-0.1, -0.05) is 15.9 Å². The van der Waals surface area contributed by atoms with Gasteiger partial charge in [-0.25, -0.2) is 8.78 Å². The van der Waals surface area contributed by atoms with Crippen LogP contribution >= 0.6 is 15.9 Å². The fourth-order valence-electron chi connectivity index (χ4n) is 1.65. The van der Waals surface area contributed by atoms with Crippen molar-refractivity contribution in [2.45, 2.75) is 6.54 Å². The van der Waals surface area contributed by atoms with Gasteiger partial charge >= 0.3 is 0 Å². The summed E-state index contributed by atoms with van der Waals surface area (Å²) < 4.78 is 33.0. The fourth-order valence-corrected chi connectivity index (χ4v) is 2.06. The number of ether oxygens (including phenoxy) is 1. The minimum atomic E-state index is -0.597. The van der Waals surface area contributed by atoms with Gasteiger partial charge in [-0.05, 0) is 37.4 Å². The van der Waals surface area contributed by atoms with Crippen LogP contribution in [0.3, 0.4) is 0 Å². The van der Waals surface area contributed by atoms with Crippen molar-refractivity contribution in [3.05, 3.63) is 58.1 Å². The van der Waals surface area contributed by atoms with Crippen molar-refractivity contribution in [2.75, 3.05) is 7.05 Å². The molecule has 2 rings (SSSR count). The van der Waals surface area contributed by atoms with E-state index in [9.17, 15) is 8.78 Å². The predicted octanol–water partition coefficient (Wildman–Crippen LogP) is 4.24. The van der Waals surface area contributed by atoms with E-state index in [1.54, 1.807) is 19.2 Å². The van der Waals surface area contributed by atoms with Crippen molar-refractivity contribution < 1.29 is 13.5 Å². The zero-order valence-electron chi connectivity index (χ0n) is 10.2. The lowest BCUT2D eigenvalue weighted by atomic mass is 10.2. The molecule has 0 fully saturated rings. The summed E-state index contributed by atoms with van der Waals surface area (Å²) in [4.78, 5) is 0. The van der Waals surface area contributed by atoms with Crippen LogP contribution in [0.15, 0.2) is 40.9 Å². The highest BCUT2D eigenvalue weighted by Crippen LogP contribution is 2.30. The molecule has 1 N–H and O–H groups in total. The fraction of sp³-hybridized carbons (Fsp3) is 0.143. The lowest BCUT2D eigenvalue weighted by Crippen LogP contribution is -2.06. The van der Waals surface area contributed by atoms with Crippen LogP contribution in [0, 0.1) is 11.6 Å². The molecule has 0 aliphatic carbocycles. The van der Waals surface area contributed by atoms with Crippen LogP contribution in [0.4, 0.5) is 8.78 Å². The van der Waals surface area contributed by atoms with E-state index in [0.29, 0.717) is 12.3 Å². The van der Waals surface area contributed by atoms with Gasteiger partial charge in [0.05, 0.1) is 0 Å². The molecule has 2 nitrogen and oxygen atoms in total. The summed E-state index contributed by atoms with van der Waals surface area (Å²) in [5, 5.41) is 2.99. The molecule has 19 heavy (non-hydrogen) atoms. The molecule has 2 aromatic carbocycles. The minimum Gasteiger partial charge on any atom is -0.454 e. The van der Waals surface area contributed by atoms with Gasteiger partial charge in [0.15, 0.2) is 11.6 Å². The first-order valence-corrected chi connectivity index (χ1v) is 6.45. The summed E-state index contributed by atoms with van der Waals surface area (Å²) in [6.07, 6.45) is 0. The SMILES string of the molecule is CNCc1cc(Br)ccc1Oc1cc(F)ccc1F. The maximum absolute atomic E-state index is 13.5. The Morgan fingerprint density at radius 1 is 1.11 bits per heavy atom. The Bertz CT molecular complexity index is 590. The van der Waals surface area contributed by atoms with Gasteiger partial charge in [0.25, 0.3) is 0 Å². The smallest absolute Gasteiger partial charge is 0.165 e. The van der Waals surface area contributed by atoms with Crippen molar-refractivity contribution in [3.8, 4) is 11.5 Å². The highest BCUT2D eigenvalue weighted by molar-refractivity contribution is 9.10. The summed E-state index contributed by atoms with van der Waals surface area (Å²) in [6, 6.07) is 8.48. The summed E-state index contributed by atoms with van der Waals surface area (Å²) in [7, 11) is 1.80. The molecule has 0 aromatic heterocycles. The molecule has 0 amide bonds. The Morgan fingerprint density at radius 3 is 2.63 bits per heavy atom. The molecular weight excluding hydrogens is 316 g/mol. The first-order valence-electron chi connectivity index (χ1n) is 5.66. The van der Waals surface area contributed by atoms with E-state index < -0.39 is 11.6 Å². The molecule has 0 aliphatic heterocycles. The van der Waals surface area contributed by atoms with Crippen molar-refractivity contribution in [3.63, 3.8) is 0 Å². The normalized spacial score (nSPS) is 10.5. The van der Waals surface area contributed by atoms with Gasteiger partial charge in [0, 0.05) is 22.6 Å². The third kappa shape index (κ3) is 3.52. The Kier molecular flexibility index (Phi) is 4.50. The van der Waals surface area contributed by atoms with Gasteiger partial charge < -0.3 is 10.1 Å². The molecule has 5 heteroatoms. The maximum Gasteiger partial charge on any atom is 0.165 e. The summed E-state index contributed by atoms with van der Waals surface area (Å²) in [6.45, 7) is 0.561. The predicted molar refractivity (Wildman–Crippen MR) is 73.3 cm³/mol. The molecule has 0 saturated carbocycles. The summed E-state index contributed by atoms with van der Waals surface area (Å²) >= 11 is 3.36. The molecule has 0 unspecified atom stereocenters. The highest BCUT2D eigenvalue weighted by atomic mass is 79.9. The third-order valence-corrected chi connectivity index (χ3v) is 3.00. The van der Waals surface area contributed by atoms with Gasteiger partial charge in [0.1, 0.15) is 11.6 Å². The van der Waals surface area contributed by atoms with Crippen LogP contribution in [0.1, 0.15) is 5.56 Å². The van der Waals surface area contributed by atoms with Crippen LogP contribution < -0.4 is 10.1 Å². The largest absolute Gasteiger partial charge is 0.454 e. The van der Waals surface area contributed by atoms with Crippen LogP contribution in [0.2, 0.25) is 0 Å². The topological polar surface area (TPSA) is 21.3 Å². The summed E-state index contributed by atoms with van der Waals surface area (Å²) in [5.74, 6) is -0.773. The number of nitrogens with one attached hydrogen (secondary N) is 1. The van der Waals surface area contributed by atoms with Crippen molar-refractivity contribution >= 4 is 15.9 Å². The second-order valence-corrected chi connectivity index (χ2v) is 4.87. The Morgan fingerprint density at radius 2 is 1.89 bits per heavy atom. The molecule has 100 valence electrons. The van der Waals surface area contributed by atoms with E-state index in [4.69, 9.17) is 4.74 Å². The van der Waals surface area contributed by atoms with Crippen molar-refractivity contribution in [1.29, 1.82) is 0 Å².